The van der Waals surface area contributed by atoms with Crippen LogP contribution in [0.2, 0.25) is 0 Å². The summed E-state index contributed by atoms with van der Waals surface area (Å²) in [4.78, 5) is 40.7. The minimum atomic E-state index is -0.713. The molecular formula is C17H26N2O4. The number of ketones is 2. The first-order valence-electron chi connectivity index (χ1n) is 7.97. The number of fused-ring (bicyclic) bond motifs is 3. The maximum Gasteiger partial charge on any atom is 0.411 e. The summed E-state index contributed by atoms with van der Waals surface area (Å²) in [5, 5.41) is 0. The Balaban J connectivity index is 2.43. The molecule has 6 heteroatoms. The van der Waals surface area contributed by atoms with Crippen LogP contribution in [0.1, 0.15) is 40.5 Å². The molecule has 3 fully saturated rings. The summed E-state index contributed by atoms with van der Waals surface area (Å²) < 4.78 is 5.48. The van der Waals surface area contributed by atoms with Gasteiger partial charge in [0.2, 0.25) is 0 Å². The summed E-state index contributed by atoms with van der Waals surface area (Å²) in [5.74, 6) is -0.644. The molecule has 2 saturated heterocycles. The third-order valence-corrected chi connectivity index (χ3v) is 4.17. The van der Waals surface area contributed by atoms with Gasteiger partial charge >= 0.3 is 6.09 Å². The van der Waals surface area contributed by atoms with E-state index in [1.54, 1.807) is 31.9 Å². The number of carbonyl (C=O) groups excluding carboxylic acids is 3. The van der Waals surface area contributed by atoms with Gasteiger partial charge in [-0.3, -0.25) is 14.5 Å². The van der Waals surface area contributed by atoms with Crippen molar-refractivity contribution in [3.8, 4) is 0 Å². The third kappa shape index (κ3) is 3.41. The highest BCUT2D eigenvalue weighted by molar-refractivity contribution is 6.05. The van der Waals surface area contributed by atoms with E-state index in [4.69, 9.17) is 4.74 Å². The predicted octanol–water partition coefficient (Wildman–Crippen LogP) is 1.99. The molecule has 0 unspecified atom stereocenters. The zero-order valence-corrected chi connectivity index (χ0v) is 14.8. The van der Waals surface area contributed by atoms with E-state index < -0.39 is 29.7 Å². The van der Waals surface area contributed by atoms with Crippen LogP contribution in [0, 0.1) is 5.92 Å². The van der Waals surface area contributed by atoms with E-state index >= 15 is 0 Å². The fraction of sp³-hybridized carbons (Fsp3) is 0.706. The summed E-state index contributed by atoms with van der Waals surface area (Å²) in [7, 11) is 3.67. The molecule has 6 nitrogen and oxygen atoms in total. The lowest BCUT2D eigenvalue weighted by Crippen LogP contribution is -2.64. The van der Waals surface area contributed by atoms with Crippen LogP contribution >= 0.6 is 0 Å². The molecule has 0 aromatic carbocycles. The molecule has 1 amide bonds. The molecule has 23 heavy (non-hydrogen) atoms. The predicted molar refractivity (Wildman–Crippen MR) is 85.8 cm³/mol. The highest BCUT2D eigenvalue weighted by Gasteiger charge is 2.54. The van der Waals surface area contributed by atoms with E-state index in [1.807, 2.05) is 14.1 Å². The van der Waals surface area contributed by atoms with Gasteiger partial charge in [0.15, 0.2) is 11.6 Å². The molecule has 2 bridgehead atoms. The van der Waals surface area contributed by atoms with Gasteiger partial charge in [-0.2, -0.15) is 0 Å². The molecule has 1 saturated carbocycles. The summed E-state index contributed by atoms with van der Waals surface area (Å²) in [5.41, 5.74) is -0.0560. The Labute approximate surface area is 137 Å². The maximum absolute atomic E-state index is 12.7. The highest BCUT2D eigenvalue weighted by Crippen LogP contribution is 2.41. The van der Waals surface area contributed by atoms with Gasteiger partial charge in [-0.1, -0.05) is 0 Å². The van der Waals surface area contributed by atoms with Gasteiger partial charge in [-0.05, 0) is 40.5 Å². The van der Waals surface area contributed by atoms with Gasteiger partial charge in [0.25, 0.3) is 0 Å². The van der Waals surface area contributed by atoms with E-state index in [0.717, 1.165) is 0 Å². The van der Waals surface area contributed by atoms with Gasteiger partial charge < -0.3 is 9.64 Å². The van der Waals surface area contributed by atoms with Crippen LogP contribution in [-0.4, -0.2) is 59.2 Å². The molecule has 2 heterocycles. The monoisotopic (exact) mass is 322 g/mol. The van der Waals surface area contributed by atoms with Crippen LogP contribution in [0.4, 0.5) is 4.79 Å². The zero-order valence-electron chi connectivity index (χ0n) is 14.8. The van der Waals surface area contributed by atoms with Crippen LogP contribution < -0.4 is 0 Å². The summed E-state index contributed by atoms with van der Waals surface area (Å²) in [6.07, 6.45) is 2.55. The normalized spacial score (nSPS) is 29.0. The molecule has 2 aliphatic heterocycles. The van der Waals surface area contributed by atoms with Crippen molar-refractivity contribution in [3.63, 3.8) is 0 Å². The van der Waals surface area contributed by atoms with Crippen molar-refractivity contribution in [2.75, 3.05) is 14.1 Å². The van der Waals surface area contributed by atoms with E-state index in [-0.39, 0.29) is 11.6 Å². The summed E-state index contributed by atoms with van der Waals surface area (Å²) in [6.45, 7) is 6.80. The number of hydrogen-bond donors (Lipinski definition) is 0. The molecule has 3 rings (SSSR count). The van der Waals surface area contributed by atoms with Crippen molar-refractivity contribution in [3.05, 3.63) is 11.8 Å². The lowest BCUT2D eigenvalue weighted by Gasteiger charge is -2.50. The third-order valence-electron chi connectivity index (χ3n) is 4.17. The van der Waals surface area contributed by atoms with Gasteiger partial charge in [0.1, 0.15) is 11.6 Å². The fourth-order valence-corrected chi connectivity index (χ4v) is 3.44. The van der Waals surface area contributed by atoms with Crippen molar-refractivity contribution in [1.82, 2.24) is 9.80 Å². The number of rotatable bonds is 2. The van der Waals surface area contributed by atoms with Crippen LogP contribution in [0.25, 0.3) is 0 Å². The number of Topliss-reactive ketones (excluding diaryl/α,β-unsaturated/α-hetero) is 2. The first kappa shape index (κ1) is 17.5. The first-order valence-corrected chi connectivity index (χ1v) is 7.97. The second kappa shape index (κ2) is 5.98. The molecule has 128 valence electrons. The average molecular weight is 322 g/mol. The summed E-state index contributed by atoms with van der Waals surface area (Å²) >= 11 is 0. The van der Waals surface area contributed by atoms with Crippen LogP contribution in [0.15, 0.2) is 11.8 Å². The lowest BCUT2D eigenvalue weighted by molar-refractivity contribution is -0.139. The van der Waals surface area contributed by atoms with E-state index in [0.29, 0.717) is 18.4 Å². The standard InChI is InChI=1S/C17H26N2O4/c1-10(20)14-11-7-8-13(12(15(11)21)9-18(5)6)19(14)16(22)23-17(2,3)4/h9,11,13-14H,7-8H2,1-6H3/b12-9+/t11-,13-,14+/m0/s1. The minimum Gasteiger partial charge on any atom is -0.444 e. The number of hydrogen-bond acceptors (Lipinski definition) is 5. The molecule has 3 aliphatic rings. The minimum absolute atomic E-state index is 0.0186. The Morgan fingerprint density at radius 3 is 2.35 bits per heavy atom. The Hall–Kier alpha value is -1.85. The number of piperidine rings is 2. The molecule has 1 aliphatic carbocycles. The SMILES string of the molecule is CC(=O)[C@@H]1[C@@H]2CC[C@@H](/C(=C\N(C)C)C2=O)N1C(=O)OC(C)(C)C. The zero-order chi connectivity index (χ0) is 17.5. The van der Waals surface area contributed by atoms with Crippen molar-refractivity contribution < 1.29 is 19.1 Å². The van der Waals surface area contributed by atoms with Crippen molar-refractivity contribution in [1.29, 1.82) is 0 Å². The molecular weight excluding hydrogens is 296 g/mol. The Morgan fingerprint density at radius 2 is 1.87 bits per heavy atom. The fourth-order valence-electron chi connectivity index (χ4n) is 3.44. The number of ether oxygens (including phenoxy) is 1. The van der Waals surface area contributed by atoms with Crippen molar-refractivity contribution in [2.45, 2.75) is 58.2 Å². The second-order valence-electron chi connectivity index (χ2n) is 7.56. The van der Waals surface area contributed by atoms with Gasteiger partial charge in [0.05, 0.1) is 6.04 Å². The smallest absolute Gasteiger partial charge is 0.411 e. The number of amides is 1. The van der Waals surface area contributed by atoms with Crippen LogP contribution in [0.5, 0.6) is 0 Å². The molecule has 0 N–H and O–H groups in total. The average Bonchev–Trinajstić information content (AvgIpc) is 2.39. The van der Waals surface area contributed by atoms with Crippen molar-refractivity contribution in [2.24, 2.45) is 5.92 Å². The number of carbonyl (C=O) groups is 3. The van der Waals surface area contributed by atoms with Crippen LogP contribution in [0.3, 0.4) is 0 Å². The van der Waals surface area contributed by atoms with Crippen LogP contribution in [-0.2, 0) is 14.3 Å². The van der Waals surface area contributed by atoms with Crippen molar-refractivity contribution >= 4 is 17.7 Å². The molecule has 0 aromatic heterocycles. The largest absolute Gasteiger partial charge is 0.444 e. The van der Waals surface area contributed by atoms with E-state index in [9.17, 15) is 14.4 Å². The first-order chi connectivity index (χ1) is 10.5. The molecule has 0 aromatic rings. The maximum atomic E-state index is 12.7. The van der Waals surface area contributed by atoms with Gasteiger partial charge in [-0.15, -0.1) is 0 Å². The van der Waals surface area contributed by atoms with Gasteiger partial charge in [0, 0.05) is 31.8 Å². The topological polar surface area (TPSA) is 66.9 Å². The Bertz CT molecular complexity index is 559. The van der Waals surface area contributed by atoms with E-state index in [2.05, 4.69) is 0 Å². The van der Waals surface area contributed by atoms with Gasteiger partial charge in [-0.25, -0.2) is 4.79 Å². The second-order valence-corrected chi connectivity index (χ2v) is 7.56. The lowest BCUT2D eigenvalue weighted by atomic mass is 9.70. The number of nitrogens with zero attached hydrogens (tertiary/aromatic N) is 2. The Morgan fingerprint density at radius 1 is 1.26 bits per heavy atom. The molecule has 0 spiro atoms. The Kier molecular flexibility index (Phi) is 4.55. The quantitative estimate of drug-likeness (QED) is 0.727. The molecule has 0 radical (unpaired) electrons. The molecule has 3 atom stereocenters. The summed E-state index contributed by atoms with van der Waals surface area (Å²) in [6, 6.07) is -1.10. The highest BCUT2D eigenvalue weighted by atomic mass is 16.6. The van der Waals surface area contributed by atoms with E-state index in [1.165, 1.54) is 11.8 Å².